The average molecular weight is 600 g/mol. The summed E-state index contributed by atoms with van der Waals surface area (Å²) in [6.45, 7) is 1.94. The summed E-state index contributed by atoms with van der Waals surface area (Å²) in [5.74, 6) is 0.818. The number of hydrogen-bond acceptors (Lipinski definition) is 8. The van der Waals surface area contributed by atoms with E-state index in [1.165, 1.54) is 12.1 Å². The van der Waals surface area contributed by atoms with Gasteiger partial charge in [-0.05, 0) is 62.1 Å². The van der Waals surface area contributed by atoms with Crippen LogP contribution in [0.4, 0.5) is 10.1 Å². The normalized spacial score (nSPS) is 11.5. The molecule has 0 aliphatic carbocycles. The lowest BCUT2D eigenvalue weighted by atomic mass is 10.1. The van der Waals surface area contributed by atoms with Crippen molar-refractivity contribution in [3.8, 4) is 39.8 Å². The number of ether oxygens (including phenoxy) is 1. The van der Waals surface area contributed by atoms with E-state index in [-0.39, 0.29) is 5.82 Å². The number of aromatic nitrogens is 7. The fourth-order valence-electron chi connectivity index (χ4n) is 5.11. The molecule has 0 spiro atoms. The van der Waals surface area contributed by atoms with Gasteiger partial charge in [-0.2, -0.15) is 5.10 Å². The number of anilines is 1. The van der Waals surface area contributed by atoms with Gasteiger partial charge in [-0.1, -0.05) is 30.3 Å². The minimum absolute atomic E-state index is 0.353. The molecular formula is C34H30FN9O. The molecule has 3 N–H and O–H groups in total. The Labute approximate surface area is 258 Å². The molecule has 0 aliphatic heterocycles. The van der Waals surface area contributed by atoms with Crippen molar-refractivity contribution in [2.45, 2.75) is 6.61 Å². The molecule has 224 valence electrons. The molecule has 0 unspecified atom stereocenters. The third kappa shape index (κ3) is 6.06. The molecule has 0 atom stereocenters. The third-order valence-corrected chi connectivity index (χ3v) is 7.35. The summed E-state index contributed by atoms with van der Waals surface area (Å²) in [6, 6.07) is 22.4. The van der Waals surface area contributed by atoms with Crippen LogP contribution in [0.1, 0.15) is 5.56 Å². The second-order valence-electron chi connectivity index (χ2n) is 10.9. The lowest BCUT2D eigenvalue weighted by Crippen LogP contribution is -2.20. The second kappa shape index (κ2) is 12.1. The van der Waals surface area contributed by atoms with Crippen LogP contribution in [0.2, 0.25) is 0 Å². The van der Waals surface area contributed by atoms with Crippen LogP contribution < -0.4 is 10.1 Å². The molecule has 0 saturated carbocycles. The fourth-order valence-corrected chi connectivity index (χ4v) is 5.11. The number of H-pyrrole nitrogens is 2. The third-order valence-electron chi connectivity index (χ3n) is 7.35. The molecule has 2 aromatic carbocycles. The SMILES string of the molecule is CN(C)CCNc1cc(F)cc(-c2nccc3[nH]c(-c4n[nH]c5ccc(-c6cncc(OCc7ccccc7)c6)nc45)nc23)c1. The quantitative estimate of drug-likeness (QED) is 0.167. The monoisotopic (exact) mass is 599 g/mol. The van der Waals surface area contributed by atoms with Gasteiger partial charge in [-0.25, -0.2) is 14.4 Å². The zero-order valence-corrected chi connectivity index (χ0v) is 24.8. The number of aromatic amines is 2. The fraction of sp³-hybridized carbons (Fsp3) is 0.147. The Kier molecular flexibility index (Phi) is 7.58. The van der Waals surface area contributed by atoms with Crippen LogP contribution in [-0.4, -0.2) is 67.2 Å². The van der Waals surface area contributed by atoms with Crippen LogP contribution in [-0.2, 0) is 6.61 Å². The first kappa shape index (κ1) is 28.1. The maximum Gasteiger partial charge on any atom is 0.161 e. The molecule has 11 heteroatoms. The average Bonchev–Trinajstić information content (AvgIpc) is 3.68. The van der Waals surface area contributed by atoms with Gasteiger partial charge in [-0.15, -0.1) is 0 Å². The number of likely N-dealkylation sites (N-methyl/N-ethyl adjacent to an activating group) is 1. The Balaban J connectivity index is 1.20. The van der Waals surface area contributed by atoms with Crippen LogP contribution in [0.3, 0.4) is 0 Å². The topological polar surface area (TPSA) is 121 Å². The Morgan fingerprint density at radius 1 is 0.867 bits per heavy atom. The smallest absolute Gasteiger partial charge is 0.161 e. The van der Waals surface area contributed by atoms with E-state index >= 15 is 0 Å². The molecule has 0 amide bonds. The van der Waals surface area contributed by atoms with E-state index in [1.807, 2.05) is 74.8 Å². The Morgan fingerprint density at radius 2 is 1.73 bits per heavy atom. The highest BCUT2D eigenvalue weighted by atomic mass is 19.1. The molecule has 7 aromatic rings. The largest absolute Gasteiger partial charge is 0.487 e. The Bertz CT molecular complexity index is 2110. The van der Waals surface area contributed by atoms with E-state index in [1.54, 1.807) is 18.6 Å². The lowest BCUT2D eigenvalue weighted by molar-refractivity contribution is 0.305. The number of hydrogen-bond donors (Lipinski definition) is 3. The summed E-state index contributed by atoms with van der Waals surface area (Å²) < 4.78 is 20.7. The van der Waals surface area contributed by atoms with Gasteiger partial charge in [0.1, 0.15) is 29.2 Å². The second-order valence-corrected chi connectivity index (χ2v) is 10.9. The van der Waals surface area contributed by atoms with Gasteiger partial charge in [0.15, 0.2) is 11.5 Å². The first-order chi connectivity index (χ1) is 22.0. The Morgan fingerprint density at radius 3 is 2.60 bits per heavy atom. The number of imidazole rings is 1. The zero-order valence-electron chi connectivity index (χ0n) is 24.8. The lowest BCUT2D eigenvalue weighted by Gasteiger charge is -2.12. The summed E-state index contributed by atoms with van der Waals surface area (Å²) in [4.78, 5) is 24.2. The van der Waals surface area contributed by atoms with Crippen molar-refractivity contribution < 1.29 is 9.13 Å². The van der Waals surface area contributed by atoms with Crippen molar-refractivity contribution in [1.82, 2.24) is 40.0 Å². The minimum atomic E-state index is -0.353. The van der Waals surface area contributed by atoms with Gasteiger partial charge >= 0.3 is 0 Å². The van der Waals surface area contributed by atoms with Crippen LogP contribution in [0, 0.1) is 5.82 Å². The van der Waals surface area contributed by atoms with Crippen molar-refractivity contribution in [3.63, 3.8) is 0 Å². The number of pyridine rings is 3. The van der Waals surface area contributed by atoms with Crippen molar-refractivity contribution in [3.05, 3.63) is 103 Å². The number of nitrogens with zero attached hydrogens (tertiary/aromatic N) is 6. The van der Waals surface area contributed by atoms with Crippen LogP contribution in [0.15, 0.2) is 91.4 Å². The molecule has 0 saturated heterocycles. The molecule has 5 aromatic heterocycles. The predicted octanol–water partition coefficient (Wildman–Crippen LogP) is 6.32. The van der Waals surface area contributed by atoms with E-state index < -0.39 is 0 Å². The predicted molar refractivity (Wildman–Crippen MR) is 173 cm³/mol. The van der Waals surface area contributed by atoms with Gasteiger partial charge in [0.2, 0.25) is 0 Å². The highest BCUT2D eigenvalue weighted by molar-refractivity contribution is 5.95. The summed E-state index contributed by atoms with van der Waals surface area (Å²) in [5, 5.41) is 10.9. The van der Waals surface area contributed by atoms with Crippen molar-refractivity contribution in [1.29, 1.82) is 0 Å². The number of halogens is 1. The van der Waals surface area contributed by atoms with Crippen LogP contribution in [0.25, 0.3) is 56.1 Å². The molecule has 45 heavy (non-hydrogen) atoms. The van der Waals surface area contributed by atoms with E-state index in [2.05, 4.69) is 35.4 Å². The molecule has 0 bridgehead atoms. The first-order valence-corrected chi connectivity index (χ1v) is 14.5. The van der Waals surface area contributed by atoms with Crippen molar-refractivity contribution in [2.24, 2.45) is 0 Å². The van der Waals surface area contributed by atoms with Gasteiger partial charge in [-0.3, -0.25) is 15.1 Å². The number of fused-ring (bicyclic) bond motifs is 2. The van der Waals surface area contributed by atoms with Gasteiger partial charge in [0, 0.05) is 42.3 Å². The highest BCUT2D eigenvalue weighted by Gasteiger charge is 2.18. The molecule has 0 fully saturated rings. The molecular weight excluding hydrogens is 569 g/mol. The number of rotatable bonds is 10. The van der Waals surface area contributed by atoms with Crippen LogP contribution >= 0.6 is 0 Å². The molecule has 0 aliphatic rings. The summed E-state index contributed by atoms with van der Waals surface area (Å²) >= 11 is 0. The van der Waals surface area contributed by atoms with E-state index in [0.717, 1.165) is 34.4 Å². The van der Waals surface area contributed by atoms with Crippen molar-refractivity contribution in [2.75, 3.05) is 32.5 Å². The highest BCUT2D eigenvalue weighted by Crippen LogP contribution is 2.32. The summed E-state index contributed by atoms with van der Waals surface area (Å²) in [7, 11) is 3.99. The van der Waals surface area contributed by atoms with Crippen molar-refractivity contribution >= 4 is 27.8 Å². The maximum atomic E-state index is 14.7. The van der Waals surface area contributed by atoms with E-state index in [0.29, 0.717) is 58.4 Å². The number of benzene rings is 2. The van der Waals surface area contributed by atoms with Gasteiger partial charge in [0.25, 0.3) is 0 Å². The first-order valence-electron chi connectivity index (χ1n) is 14.5. The summed E-state index contributed by atoms with van der Waals surface area (Å²) in [6.07, 6.45) is 5.13. The minimum Gasteiger partial charge on any atom is -0.487 e. The van der Waals surface area contributed by atoms with Gasteiger partial charge < -0.3 is 19.9 Å². The van der Waals surface area contributed by atoms with E-state index in [9.17, 15) is 4.39 Å². The maximum absolute atomic E-state index is 14.7. The van der Waals surface area contributed by atoms with Gasteiger partial charge in [0.05, 0.1) is 28.6 Å². The standard InChI is InChI=1S/C34H30FN9O/c1-44(2)13-12-37-25-15-22(14-24(35)17-25)30-31-28(10-11-38-30)40-34(41-31)33-32-29(42-43-33)9-8-27(39-32)23-16-26(19-36-18-23)45-20-21-6-4-3-5-7-21/h3-11,14-19,37H,12-13,20H2,1-2H3,(H,40,41)(H,42,43). The zero-order chi connectivity index (χ0) is 30.8. The molecule has 0 radical (unpaired) electrons. The molecule has 7 rings (SSSR count). The van der Waals surface area contributed by atoms with Crippen LogP contribution in [0.5, 0.6) is 5.75 Å². The van der Waals surface area contributed by atoms with E-state index in [4.69, 9.17) is 14.7 Å². The molecule has 5 heterocycles. The molecule has 10 nitrogen and oxygen atoms in total. The number of nitrogens with one attached hydrogen (secondary N) is 3. The Hall–Kier alpha value is -5.68. The summed E-state index contributed by atoms with van der Waals surface area (Å²) in [5.41, 5.74) is 7.80.